The summed E-state index contributed by atoms with van der Waals surface area (Å²) in [5.74, 6) is -0.0133. The maximum Gasteiger partial charge on any atom is 0.293 e. The van der Waals surface area contributed by atoms with E-state index in [0.717, 1.165) is 21.8 Å². The molecule has 1 fully saturated rings. The van der Waals surface area contributed by atoms with Crippen LogP contribution in [0.25, 0.3) is 6.08 Å². The average molecular weight is 420 g/mol. The van der Waals surface area contributed by atoms with Gasteiger partial charge in [-0.3, -0.25) is 14.5 Å². The fraction of sp³-hybridized carbons (Fsp3) is 0.111. The molecule has 1 saturated heterocycles. The van der Waals surface area contributed by atoms with Gasteiger partial charge in [-0.15, -0.1) is 0 Å². The van der Waals surface area contributed by atoms with E-state index in [1.54, 1.807) is 18.2 Å². The van der Waals surface area contributed by atoms with Gasteiger partial charge in [0.05, 0.1) is 18.6 Å². The molecule has 2 aromatic rings. The zero-order valence-corrected chi connectivity index (χ0v) is 15.6. The molecule has 0 saturated carbocycles. The minimum Gasteiger partial charge on any atom is -0.504 e. The van der Waals surface area contributed by atoms with Crippen LogP contribution in [0.15, 0.2) is 51.8 Å². The Morgan fingerprint density at radius 2 is 2.00 bits per heavy atom. The molecular weight excluding hydrogens is 406 g/mol. The summed E-state index contributed by atoms with van der Waals surface area (Å²) < 4.78 is 5.91. The summed E-state index contributed by atoms with van der Waals surface area (Å²) in [5.41, 5.74) is 1.53. The monoisotopic (exact) mass is 419 g/mol. The number of methoxy groups -OCH3 is 1. The number of carbonyl (C=O) groups is 2. The standard InChI is InChI=1S/C18H14BrNO4S/c1-24-15-8-11(6-7-14(15)21)9-16-17(22)20(18(23)25-16)10-12-4-2-3-5-13(12)19/h2-9,21H,10H2,1H3/b16-9-. The highest BCUT2D eigenvalue weighted by atomic mass is 79.9. The number of ether oxygens (including phenoxy) is 1. The summed E-state index contributed by atoms with van der Waals surface area (Å²) in [6.07, 6.45) is 1.62. The first-order valence-corrected chi connectivity index (χ1v) is 8.96. The first-order chi connectivity index (χ1) is 12.0. The van der Waals surface area contributed by atoms with Crippen LogP contribution in [-0.2, 0) is 11.3 Å². The van der Waals surface area contributed by atoms with Gasteiger partial charge in [-0.25, -0.2) is 0 Å². The molecule has 0 bridgehead atoms. The third-order valence-electron chi connectivity index (χ3n) is 3.66. The van der Waals surface area contributed by atoms with Crippen molar-refractivity contribution in [2.75, 3.05) is 7.11 Å². The molecule has 7 heteroatoms. The lowest BCUT2D eigenvalue weighted by molar-refractivity contribution is -0.123. The van der Waals surface area contributed by atoms with E-state index in [0.29, 0.717) is 16.2 Å². The molecule has 2 aromatic carbocycles. The number of phenols is 1. The molecule has 0 aliphatic carbocycles. The molecule has 2 amide bonds. The second-order valence-corrected chi connectivity index (χ2v) is 7.14. The van der Waals surface area contributed by atoms with E-state index in [1.165, 1.54) is 18.1 Å². The van der Waals surface area contributed by atoms with Gasteiger partial charge in [-0.1, -0.05) is 40.2 Å². The van der Waals surface area contributed by atoms with Crippen molar-refractivity contribution >= 4 is 44.9 Å². The van der Waals surface area contributed by atoms with Crippen molar-refractivity contribution in [1.29, 1.82) is 0 Å². The van der Waals surface area contributed by atoms with Gasteiger partial charge in [-0.05, 0) is 47.2 Å². The molecule has 0 atom stereocenters. The fourth-order valence-corrected chi connectivity index (χ4v) is 3.62. The van der Waals surface area contributed by atoms with Crippen LogP contribution in [0.5, 0.6) is 11.5 Å². The Balaban J connectivity index is 1.85. The number of carbonyl (C=O) groups excluding carboxylic acids is 2. The third kappa shape index (κ3) is 3.72. The van der Waals surface area contributed by atoms with Crippen LogP contribution in [0.2, 0.25) is 0 Å². The second-order valence-electron chi connectivity index (χ2n) is 5.29. The number of hydrogen-bond donors (Lipinski definition) is 1. The van der Waals surface area contributed by atoms with E-state index in [2.05, 4.69) is 15.9 Å². The number of thioether (sulfide) groups is 1. The molecule has 0 unspecified atom stereocenters. The van der Waals surface area contributed by atoms with Crippen LogP contribution in [0.1, 0.15) is 11.1 Å². The number of aromatic hydroxyl groups is 1. The number of amides is 2. The number of phenolic OH excluding ortho intramolecular Hbond substituents is 1. The summed E-state index contributed by atoms with van der Waals surface area (Å²) in [6.45, 7) is 0.211. The van der Waals surface area contributed by atoms with E-state index < -0.39 is 0 Å². The van der Waals surface area contributed by atoms with Crippen LogP contribution in [0.3, 0.4) is 0 Å². The van der Waals surface area contributed by atoms with Gasteiger partial charge in [0.25, 0.3) is 11.1 Å². The Morgan fingerprint density at radius 3 is 2.72 bits per heavy atom. The maximum atomic E-state index is 12.6. The summed E-state index contributed by atoms with van der Waals surface area (Å²) in [7, 11) is 1.45. The van der Waals surface area contributed by atoms with E-state index >= 15 is 0 Å². The molecule has 1 N–H and O–H groups in total. The fourth-order valence-electron chi connectivity index (χ4n) is 2.37. The lowest BCUT2D eigenvalue weighted by Crippen LogP contribution is -2.27. The Bertz CT molecular complexity index is 881. The van der Waals surface area contributed by atoms with E-state index in [1.807, 2.05) is 24.3 Å². The number of nitrogens with zero attached hydrogens (tertiary/aromatic N) is 1. The number of rotatable bonds is 4. The first-order valence-electron chi connectivity index (χ1n) is 7.35. The van der Waals surface area contributed by atoms with E-state index in [9.17, 15) is 14.7 Å². The lowest BCUT2D eigenvalue weighted by Gasteiger charge is -2.13. The Kier molecular flexibility index (Phi) is 5.15. The molecular formula is C18H14BrNO4S. The van der Waals surface area contributed by atoms with Crippen LogP contribution >= 0.6 is 27.7 Å². The van der Waals surface area contributed by atoms with Crippen molar-refractivity contribution in [3.8, 4) is 11.5 Å². The third-order valence-corrected chi connectivity index (χ3v) is 5.34. The topological polar surface area (TPSA) is 66.8 Å². The number of hydrogen-bond acceptors (Lipinski definition) is 5. The van der Waals surface area contributed by atoms with E-state index in [-0.39, 0.29) is 23.4 Å². The summed E-state index contributed by atoms with van der Waals surface area (Å²) in [6, 6.07) is 12.2. The molecule has 0 spiro atoms. The molecule has 25 heavy (non-hydrogen) atoms. The van der Waals surface area contributed by atoms with Gasteiger partial charge >= 0.3 is 0 Å². The molecule has 1 aliphatic rings. The highest BCUT2D eigenvalue weighted by molar-refractivity contribution is 9.10. The largest absolute Gasteiger partial charge is 0.504 e. The summed E-state index contributed by atoms with van der Waals surface area (Å²) in [4.78, 5) is 26.4. The van der Waals surface area contributed by atoms with Crippen LogP contribution in [0, 0.1) is 0 Å². The van der Waals surface area contributed by atoms with Crippen molar-refractivity contribution in [2.24, 2.45) is 0 Å². The molecule has 5 nitrogen and oxygen atoms in total. The number of imide groups is 1. The summed E-state index contributed by atoms with van der Waals surface area (Å²) in [5, 5.41) is 9.33. The predicted octanol–water partition coefficient (Wildman–Crippen LogP) is 4.40. The second kappa shape index (κ2) is 7.33. The van der Waals surface area contributed by atoms with Crippen LogP contribution in [-0.4, -0.2) is 28.3 Å². The van der Waals surface area contributed by atoms with Gasteiger partial charge in [0.1, 0.15) is 0 Å². The minimum atomic E-state index is -0.335. The normalized spacial score (nSPS) is 15.9. The minimum absolute atomic E-state index is 0.0154. The molecule has 128 valence electrons. The maximum absolute atomic E-state index is 12.6. The van der Waals surface area contributed by atoms with Crippen LogP contribution < -0.4 is 4.74 Å². The van der Waals surface area contributed by atoms with Crippen molar-refractivity contribution in [2.45, 2.75) is 6.54 Å². The average Bonchev–Trinajstić information content (AvgIpc) is 2.86. The van der Waals surface area contributed by atoms with Gasteiger partial charge in [0.15, 0.2) is 11.5 Å². The highest BCUT2D eigenvalue weighted by Gasteiger charge is 2.35. The molecule has 3 rings (SSSR count). The first kappa shape index (κ1) is 17.6. The smallest absolute Gasteiger partial charge is 0.293 e. The van der Waals surface area contributed by atoms with Gasteiger partial charge < -0.3 is 9.84 Å². The van der Waals surface area contributed by atoms with Gasteiger partial charge in [0, 0.05) is 4.47 Å². The number of halogens is 1. The Morgan fingerprint density at radius 1 is 1.24 bits per heavy atom. The van der Waals surface area contributed by atoms with Crippen LogP contribution in [0.4, 0.5) is 4.79 Å². The van der Waals surface area contributed by atoms with Crippen molar-refractivity contribution < 1.29 is 19.4 Å². The quantitative estimate of drug-likeness (QED) is 0.743. The molecule has 0 radical (unpaired) electrons. The SMILES string of the molecule is COc1cc(/C=C2\SC(=O)N(Cc3ccccc3Br)C2=O)ccc1O. The zero-order valence-electron chi connectivity index (χ0n) is 13.2. The summed E-state index contributed by atoms with van der Waals surface area (Å²) >= 11 is 4.33. The van der Waals surface area contributed by atoms with Gasteiger partial charge in [-0.2, -0.15) is 0 Å². The lowest BCUT2D eigenvalue weighted by atomic mass is 10.1. The highest BCUT2D eigenvalue weighted by Crippen LogP contribution is 2.35. The van der Waals surface area contributed by atoms with Crippen molar-refractivity contribution in [3.63, 3.8) is 0 Å². The van der Waals surface area contributed by atoms with E-state index in [4.69, 9.17) is 4.74 Å². The molecule has 1 heterocycles. The zero-order chi connectivity index (χ0) is 18.0. The number of benzene rings is 2. The van der Waals surface area contributed by atoms with Crippen molar-refractivity contribution in [1.82, 2.24) is 4.90 Å². The predicted molar refractivity (Wildman–Crippen MR) is 100 cm³/mol. The Labute approximate surface area is 157 Å². The Hall–Kier alpha value is -2.25. The van der Waals surface area contributed by atoms with Gasteiger partial charge in [0.2, 0.25) is 0 Å². The van der Waals surface area contributed by atoms with Crippen molar-refractivity contribution in [3.05, 3.63) is 63.0 Å². The molecule has 1 aliphatic heterocycles. The molecule has 0 aromatic heterocycles.